The molecule has 0 saturated heterocycles. The highest BCUT2D eigenvalue weighted by molar-refractivity contribution is 6.31. The fourth-order valence-corrected chi connectivity index (χ4v) is 2.16. The van der Waals surface area contributed by atoms with Crippen molar-refractivity contribution in [1.82, 2.24) is 10.2 Å². The standard InChI is InChI=1S/C14H13ClN2O4/c1-20-12-5-7(15)4-9(13(12)21-8-2-3-8)10-6-11(14(18)19)17-16-10/h4-6,8H,2-3H2,1H3,(H,16,17)(H,18,19). The number of hydrogen-bond donors (Lipinski definition) is 2. The van der Waals surface area contributed by atoms with Crippen LogP contribution in [0.3, 0.4) is 0 Å². The molecule has 2 N–H and O–H groups in total. The third-order valence-electron chi connectivity index (χ3n) is 3.13. The van der Waals surface area contributed by atoms with E-state index in [4.69, 9.17) is 26.2 Å². The first-order chi connectivity index (χ1) is 10.1. The van der Waals surface area contributed by atoms with Crippen molar-refractivity contribution in [2.45, 2.75) is 18.9 Å². The third kappa shape index (κ3) is 2.80. The van der Waals surface area contributed by atoms with Crippen LogP contribution in [0.1, 0.15) is 23.3 Å². The second-order valence-corrected chi connectivity index (χ2v) is 5.21. The molecule has 3 rings (SSSR count). The lowest BCUT2D eigenvalue weighted by Gasteiger charge is -2.14. The number of carbonyl (C=O) groups is 1. The van der Waals surface area contributed by atoms with Crippen molar-refractivity contribution < 1.29 is 19.4 Å². The van der Waals surface area contributed by atoms with Gasteiger partial charge < -0.3 is 14.6 Å². The molecule has 0 amide bonds. The predicted molar refractivity (Wildman–Crippen MR) is 76.2 cm³/mol. The molecule has 1 aromatic carbocycles. The number of halogens is 1. The van der Waals surface area contributed by atoms with E-state index < -0.39 is 5.97 Å². The van der Waals surface area contributed by atoms with E-state index in [9.17, 15) is 4.79 Å². The molecule has 1 fully saturated rings. The van der Waals surface area contributed by atoms with Crippen LogP contribution in [0.25, 0.3) is 11.3 Å². The number of rotatable bonds is 5. The summed E-state index contributed by atoms with van der Waals surface area (Å²) in [7, 11) is 1.53. The number of hydrogen-bond acceptors (Lipinski definition) is 4. The monoisotopic (exact) mass is 308 g/mol. The summed E-state index contributed by atoms with van der Waals surface area (Å²) in [6.07, 6.45) is 2.15. The summed E-state index contributed by atoms with van der Waals surface area (Å²) in [4.78, 5) is 11.0. The first-order valence-corrected chi connectivity index (χ1v) is 6.79. The smallest absolute Gasteiger partial charge is 0.353 e. The van der Waals surface area contributed by atoms with Gasteiger partial charge in [0.25, 0.3) is 0 Å². The van der Waals surface area contributed by atoms with E-state index in [1.807, 2.05) is 0 Å². The highest BCUT2D eigenvalue weighted by Crippen LogP contribution is 2.43. The Morgan fingerprint density at radius 1 is 1.43 bits per heavy atom. The van der Waals surface area contributed by atoms with Crippen molar-refractivity contribution in [2.24, 2.45) is 0 Å². The molecular weight excluding hydrogens is 296 g/mol. The number of nitrogens with one attached hydrogen (secondary N) is 1. The van der Waals surface area contributed by atoms with Crippen molar-refractivity contribution in [1.29, 1.82) is 0 Å². The largest absolute Gasteiger partial charge is 0.493 e. The first-order valence-electron chi connectivity index (χ1n) is 6.41. The topological polar surface area (TPSA) is 84.4 Å². The molecule has 6 nitrogen and oxygen atoms in total. The Kier molecular flexibility index (Phi) is 3.47. The van der Waals surface area contributed by atoms with Gasteiger partial charge in [0, 0.05) is 16.7 Å². The molecular formula is C14H13ClN2O4. The lowest BCUT2D eigenvalue weighted by molar-refractivity contribution is 0.0690. The van der Waals surface area contributed by atoms with Gasteiger partial charge in [0.05, 0.1) is 18.9 Å². The zero-order valence-corrected chi connectivity index (χ0v) is 12.0. The third-order valence-corrected chi connectivity index (χ3v) is 3.35. The molecule has 1 heterocycles. The van der Waals surface area contributed by atoms with Crippen LogP contribution in [0.4, 0.5) is 0 Å². The molecule has 2 aromatic rings. The number of ether oxygens (including phenoxy) is 2. The Hall–Kier alpha value is -2.21. The van der Waals surface area contributed by atoms with Crippen molar-refractivity contribution >= 4 is 17.6 Å². The summed E-state index contributed by atoms with van der Waals surface area (Å²) in [6, 6.07) is 4.78. The SMILES string of the molecule is COc1cc(Cl)cc(-c2cc(C(=O)O)[nH]n2)c1OC1CC1. The Morgan fingerprint density at radius 3 is 2.76 bits per heavy atom. The zero-order chi connectivity index (χ0) is 15.0. The van der Waals surface area contributed by atoms with Gasteiger partial charge in [-0.3, -0.25) is 5.10 Å². The van der Waals surface area contributed by atoms with Gasteiger partial charge in [0.2, 0.25) is 0 Å². The fraction of sp³-hybridized carbons (Fsp3) is 0.286. The fourth-order valence-electron chi connectivity index (χ4n) is 1.95. The molecule has 110 valence electrons. The van der Waals surface area contributed by atoms with Gasteiger partial charge in [0.1, 0.15) is 5.69 Å². The summed E-state index contributed by atoms with van der Waals surface area (Å²) < 4.78 is 11.2. The van der Waals surface area contributed by atoms with E-state index in [2.05, 4.69) is 10.2 Å². The molecule has 21 heavy (non-hydrogen) atoms. The lowest BCUT2D eigenvalue weighted by Crippen LogP contribution is -2.01. The second kappa shape index (κ2) is 5.29. The van der Waals surface area contributed by atoms with Gasteiger partial charge in [-0.1, -0.05) is 11.6 Å². The number of methoxy groups -OCH3 is 1. The van der Waals surface area contributed by atoms with Gasteiger partial charge in [0.15, 0.2) is 11.5 Å². The molecule has 1 saturated carbocycles. The van der Waals surface area contributed by atoms with Crippen molar-refractivity contribution in [3.63, 3.8) is 0 Å². The Labute approximate surface area is 125 Å². The predicted octanol–water partition coefficient (Wildman–Crippen LogP) is 2.98. The van der Waals surface area contributed by atoms with Crippen molar-refractivity contribution in [3.05, 3.63) is 28.9 Å². The molecule has 7 heteroatoms. The van der Waals surface area contributed by atoms with Crippen LogP contribution in [0.5, 0.6) is 11.5 Å². The van der Waals surface area contributed by atoms with Gasteiger partial charge in [-0.15, -0.1) is 0 Å². The number of benzene rings is 1. The number of H-pyrrole nitrogens is 1. The van der Waals surface area contributed by atoms with Gasteiger partial charge in [-0.05, 0) is 25.0 Å². The minimum absolute atomic E-state index is 0.00122. The number of carboxylic acid groups (broad SMARTS) is 1. The average molecular weight is 309 g/mol. The van der Waals surface area contributed by atoms with Gasteiger partial charge in [-0.2, -0.15) is 5.10 Å². The maximum absolute atomic E-state index is 11.0. The minimum Gasteiger partial charge on any atom is -0.493 e. The maximum Gasteiger partial charge on any atom is 0.353 e. The Balaban J connectivity index is 2.09. The van der Waals surface area contributed by atoms with E-state index in [1.165, 1.54) is 13.2 Å². The molecule has 0 bridgehead atoms. The Morgan fingerprint density at radius 2 is 2.19 bits per heavy atom. The molecule has 0 aliphatic heterocycles. The lowest BCUT2D eigenvalue weighted by atomic mass is 10.1. The van der Waals surface area contributed by atoms with E-state index in [0.717, 1.165) is 12.8 Å². The summed E-state index contributed by atoms with van der Waals surface area (Å²) in [6.45, 7) is 0. The molecule has 1 aliphatic carbocycles. The van der Waals surface area contributed by atoms with E-state index in [-0.39, 0.29) is 11.8 Å². The second-order valence-electron chi connectivity index (χ2n) is 4.77. The van der Waals surface area contributed by atoms with Crippen LogP contribution in [-0.4, -0.2) is 34.5 Å². The number of aromatic nitrogens is 2. The number of carboxylic acids is 1. The normalized spacial score (nSPS) is 14.0. The minimum atomic E-state index is -1.08. The van der Waals surface area contributed by atoms with Crippen LogP contribution in [0, 0.1) is 0 Å². The number of nitrogens with zero attached hydrogens (tertiary/aromatic N) is 1. The number of aromatic amines is 1. The van der Waals surface area contributed by atoms with Crippen LogP contribution in [-0.2, 0) is 0 Å². The van der Waals surface area contributed by atoms with Crippen molar-refractivity contribution in [3.8, 4) is 22.8 Å². The summed E-state index contributed by atoms with van der Waals surface area (Å²) in [5.41, 5.74) is 1.06. The van der Waals surface area contributed by atoms with Gasteiger partial charge in [-0.25, -0.2) is 4.79 Å². The highest BCUT2D eigenvalue weighted by atomic mass is 35.5. The highest BCUT2D eigenvalue weighted by Gasteiger charge is 2.27. The van der Waals surface area contributed by atoms with Crippen LogP contribution in [0.2, 0.25) is 5.02 Å². The molecule has 0 atom stereocenters. The van der Waals surface area contributed by atoms with E-state index in [1.54, 1.807) is 12.1 Å². The van der Waals surface area contributed by atoms with Crippen LogP contribution in [0.15, 0.2) is 18.2 Å². The maximum atomic E-state index is 11.0. The van der Waals surface area contributed by atoms with Gasteiger partial charge >= 0.3 is 5.97 Å². The molecule has 1 aromatic heterocycles. The van der Waals surface area contributed by atoms with Crippen LogP contribution >= 0.6 is 11.6 Å². The number of aromatic carboxylic acids is 1. The van der Waals surface area contributed by atoms with E-state index >= 15 is 0 Å². The molecule has 0 unspecified atom stereocenters. The summed E-state index contributed by atoms with van der Waals surface area (Å²) in [5, 5.41) is 15.9. The summed E-state index contributed by atoms with van der Waals surface area (Å²) >= 11 is 6.08. The summed E-state index contributed by atoms with van der Waals surface area (Å²) in [5.74, 6) is -0.0375. The van der Waals surface area contributed by atoms with E-state index in [0.29, 0.717) is 27.8 Å². The average Bonchev–Trinajstić information content (AvgIpc) is 3.13. The van der Waals surface area contributed by atoms with Crippen LogP contribution < -0.4 is 9.47 Å². The molecule has 0 spiro atoms. The quantitative estimate of drug-likeness (QED) is 0.887. The van der Waals surface area contributed by atoms with Crippen molar-refractivity contribution in [2.75, 3.05) is 7.11 Å². The zero-order valence-electron chi connectivity index (χ0n) is 11.2. The first kappa shape index (κ1) is 13.8. The Bertz CT molecular complexity index is 694. The molecule has 0 radical (unpaired) electrons. The molecule has 1 aliphatic rings.